The van der Waals surface area contributed by atoms with Gasteiger partial charge in [-0.15, -0.1) is 0 Å². The fourth-order valence-electron chi connectivity index (χ4n) is 8.18. The summed E-state index contributed by atoms with van der Waals surface area (Å²) in [6, 6.07) is 0. The molecule has 2 aliphatic rings. The van der Waals surface area contributed by atoms with Crippen molar-refractivity contribution in [2.24, 2.45) is 0 Å². The molecule has 15 heteroatoms. The van der Waals surface area contributed by atoms with E-state index in [1.54, 1.807) is 0 Å². The standard InChI is InChI=1S/C53H94O15/c1-3-5-7-9-11-13-15-17-19-20-22-24-26-28-30-32-34-36-45(56)66-41(38-63-44(55)35-33-31-29-27-25-23-21-18-16-14-12-10-8-6-4-2)39-64-52-51(62)49(60)47(58)43(68-52)40-65-53-50(61)48(59)46(57)42(37-54)67-53/h10,12,22,24,28,30,41-43,46-54,57-62H,3-9,11,13-21,23,25-27,29,31-40H2,1-2H3/b12-10+,24-22+,30-28+/t41-,42+,43+,46-,47-,48?,49?,50?,51?,52+,53+/m1/s1. The first kappa shape index (κ1) is 61.8. The van der Waals surface area contributed by atoms with Crippen LogP contribution >= 0.6 is 0 Å². The Kier molecular flexibility index (Phi) is 36.7. The van der Waals surface area contributed by atoms with Crippen LogP contribution in [0.3, 0.4) is 0 Å². The summed E-state index contributed by atoms with van der Waals surface area (Å²) in [6.45, 7) is 2.52. The van der Waals surface area contributed by atoms with E-state index in [4.69, 9.17) is 28.4 Å². The monoisotopic (exact) mass is 971 g/mol. The van der Waals surface area contributed by atoms with Crippen LogP contribution in [-0.2, 0) is 38.0 Å². The quantitative estimate of drug-likeness (QED) is 0.0177. The molecule has 0 aliphatic carbocycles. The van der Waals surface area contributed by atoms with Gasteiger partial charge in [-0.3, -0.25) is 9.59 Å². The Morgan fingerprint density at radius 3 is 1.47 bits per heavy atom. The van der Waals surface area contributed by atoms with Gasteiger partial charge in [0.25, 0.3) is 0 Å². The zero-order valence-electron chi connectivity index (χ0n) is 41.8. The third kappa shape index (κ3) is 27.9. The zero-order valence-corrected chi connectivity index (χ0v) is 41.8. The molecule has 0 radical (unpaired) electrons. The Hall–Kier alpha value is -2.28. The third-order valence-electron chi connectivity index (χ3n) is 12.6. The van der Waals surface area contributed by atoms with Gasteiger partial charge in [0, 0.05) is 12.8 Å². The molecule has 2 rings (SSSR count). The summed E-state index contributed by atoms with van der Waals surface area (Å²) in [7, 11) is 0. The minimum absolute atomic E-state index is 0.102. The average Bonchev–Trinajstić information content (AvgIpc) is 3.33. The van der Waals surface area contributed by atoms with Crippen LogP contribution in [0.1, 0.15) is 194 Å². The van der Waals surface area contributed by atoms with E-state index in [0.717, 1.165) is 38.5 Å². The molecule has 0 saturated carbocycles. The molecule has 68 heavy (non-hydrogen) atoms. The summed E-state index contributed by atoms with van der Waals surface area (Å²) < 4.78 is 33.5. The van der Waals surface area contributed by atoms with Crippen molar-refractivity contribution in [2.45, 2.75) is 261 Å². The number of unbranched alkanes of at least 4 members (excludes halogenated alkanes) is 21. The maximum absolute atomic E-state index is 13.0. The Morgan fingerprint density at radius 1 is 0.471 bits per heavy atom. The number of hydrogen-bond donors (Lipinski definition) is 7. The first-order valence-electron chi connectivity index (χ1n) is 26.6. The van der Waals surface area contributed by atoms with Gasteiger partial charge in [0.1, 0.15) is 55.4 Å². The van der Waals surface area contributed by atoms with E-state index in [-0.39, 0.29) is 19.4 Å². The fraction of sp³-hybridized carbons (Fsp3) is 0.849. The molecule has 0 aromatic heterocycles. The number of aliphatic hydroxyl groups excluding tert-OH is 7. The van der Waals surface area contributed by atoms with Crippen LogP contribution in [0.25, 0.3) is 0 Å². The molecule has 396 valence electrons. The van der Waals surface area contributed by atoms with Crippen molar-refractivity contribution in [1.82, 2.24) is 0 Å². The number of allylic oxidation sites excluding steroid dienone is 6. The summed E-state index contributed by atoms with van der Waals surface area (Å²) in [5.41, 5.74) is 0. The van der Waals surface area contributed by atoms with Gasteiger partial charge in [-0.05, 0) is 57.8 Å². The molecule has 0 aromatic carbocycles. The molecule has 4 unspecified atom stereocenters. The molecule has 0 aromatic rings. The van der Waals surface area contributed by atoms with Gasteiger partial charge in [-0.25, -0.2) is 0 Å². The number of hydrogen-bond acceptors (Lipinski definition) is 15. The van der Waals surface area contributed by atoms with Crippen LogP contribution in [-0.4, -0.2) is 142 Å². The summed E-state index contributed by atoms with van der Waals surface area (Å²) in [6.07, 6.45) is 26.1. The van der Waals surface area contributed by atoms with Crippen molar-refractivity contribution in [2.75, 3.05) is 26.4 Å². The maximum atomic E-state index is 13.0. The molecule has 0 amide bonds. The highest BCUT2D eigenvalue weighted by molar-refractivity contribution is 5.70. The van der Waals surface area contributed by atoms with Gasteiger partial charge < -0.3 is 64.2 Å². The fourth-order valence-corrected chi connectivity index (χ4v) is 8.18. The van der Waals surface area contributed by atoms with E-state index in [2.05, 4.69) is 44.2 Å². The van der Waals surface area contributed by atoms with Crippen LogP contribution < -0.4 is 0 Å². The molecular formula is C53H94O15. The number of aliphatic hydroxyl groups is 7. The Morgan fingerprint density at radius 2 is 0.912 bits per heavy atom. The molecule has 15 nitrogen and oxygen atoms in total. The SMILES string of the molecule is CCCC/C=C/CCCCCCCCCCCC(=O)OC[C@H](CO[C@H]1O[C@@H](CO[C@H]2O[C@@H](CO)[C@@H](O)C(O)C2O)[C@@H](O)C(O)C1O)OC(=O)CCC/C=C/C/C=C/CCCCCCCCCCC. The van der Waals surface area contributed by atoms with Crippen molar-refractivity contribution in [1.29, 1.82) is 0 Å². The van der Waals surface area contributed by atoms with E-state index < -0.39 is 99.3 Å². The minimum Gasteiger partial charge on any atom is -0.462 e. The molecule has 2 fully saturated rings. The van der Waals surface area contributed by atoms with Gasteiger partial charge in [0.15, 0.2) is 18.7 Å². The lowest BCUT2D eigenvalue weighted by atomic mass is 9.98. The average molecular weight is 971 g/mol. The molecule has 11 atom stereocenters. The number of ether oxygens (including phenoxy) is 6. The van der Waals surface area contributed by atoms with Crippen molar-refractivity contribution in [3.8, 4) is 0 Å². The molecule has 2 heterocycles. The van der Waals surface area contributed by atoms with E-state index in [1.807, 2.05) is 6.08 Å². The molecule has 2 saturated heterocycles. The Bertz CT molecular complexity index is 1330. The third-order valence-corrected chi connectivity index (χ3v) is 12.6. The largest absolute Gasteiger partial charge is 0.462 e. The van der Waals surface area contributed by atoms with E-state index in [9.17, 15) is 45.3 Å². The molecule has 0 bridgehead atoms. The van der Waals surface area contributed by atoms with Gasteiger partial charge in [0.2, 0.25) is 0 Å². The number of carbonyl (C=O) groups is 2. The van der Waals surface area contributed by atoms with Gasteiger partial charge in [-0.2, -0.15) is 0 Å². The lowest BCUT2D eigenvalue weighted by Crippen LogP contribution is -2.61. The number of esters is 2. The van der Waals surface area contributed by atoms with Crippen LogP contribution in [0.15, 0.2) is 36.5 Å². The highest BCUT2D eigenvalue weighted by Gasteiger charge is 2.47. The van der Waals surface area contributed by atoms with Crippen molar-refractivity contribution >= 4 is 11.9 Å². The smallest absolute Gasteiger partial charge is 0.306 e. The highest BCUT2D eigenvalue weighted by Crippen LogP contribution is 2.26. The summed E-state index contributed by atoms with van der Waals surface area (Å²) in [4.78, 5) is 25.8. The summed E-state index contributed by atoms with van der Waals surface area (Å²) in [5, 5.41) is 72.1. The van der Waals surface area contributed by atoms with E-state index in [0.29, 0.717) is 19.3 Å². The molecule has 0 spiro atoms. The lowest BCUT2D eigenvalue weighted by Gasteiger charge is -2.42. The first-order valence-corrected chi connectivity index (χ1v) is 26.6. The Labute approximate surface area is 408 Å². The minimum atomic E-state index is -1.77. The second-order valence-electron chi connectivity index (χ2n) is 18.7. The summed E-state index contributed by atoms with van der Waals surface area (Å²) >= 11 is 0. The lowest BCUT2D eigenvalue weighted by molar-refractivity contribution is -0.332. The first-order chi connectivity index (χ1) is 33.0. The predicted octanol–water partition coefficient (Wildman–Crippen LogP) is 7.71. The van der Waals surface area contributed by atoms with Crippen molar-refractivity contribution in [3.05, 3.63) is 36.5 Å². The maximum Gasteiger partial charge on any atom is 0.306 e. The van der Waals surface area contributed by atoms with Crippen LogP contribution in [0.4, 0.5) is 0 Å². The van der Waals surface area contributed by atoms with Crippen LogP contribution in [0.5, 0.6) is 0 Å². The number of carbonyl (C=O) groups excluding carboxylic acids is 2. The van der Waals surface area contributed by atoms with Crippen LogP contribution in [0.2, 0.25) is 0 Å². The topological polar surface area (TPSA) is 231 Å². The number of rotatable bonds is 41. The van der Waals surface area contributed by atoms with Crippen molar-refractivity contribution < 1.29 is 73.8 Å². The molecular weight excluding hydrogens is 877 g/mol. The van der Waals surface area contributed by atoms with Gasteiger partial charge >= 0.3 is 11.9 Å². The summed E-state index contributed by atoms with van der Waals surface area (Å²) in [5.74, 6) is -0.977. The predicted molar refractivity (Wildman–Crippen MR) is 261 cm³/mol. The second kappa shape index (κ2) is 40.3. The van der Waals surface area contributed by atoms with E-state index >= 15 is 0 Å². The van der Waals surface area contributed by atoms with Gasteiger partial charge in [0.05, 0.1) is 19.8 Å². The zero-order chi connectivity index (χ0) is 49.6. The molecule has 2 aliphatic heterocycles. The highest BCUT2D eigenvalue weighted by atomic mass is 16.7. The van der Waals surface area contributed by atoms with E-state index in [1.165, 1.54) is 109 Å². The normalized spacial score (nSPS) is 26.0. The van der Waals surface area contributed by atoms with Crippen LogP contribution in [0, 0.1) is 0 Å². The Balaban J connectivity index is 1.82. The molecule has 7 N–H and O–H groups in total. The second-order valence-corrected chi connectivity index (χ2v) is 18.7. The van der Waals surface area contributed by atoms with Crippen molar-refractivity contribution in [3.63, 3.8) is 0 Å². The van der Waals surface area contributed by atoms with Gasteiger partial charge in [-0.1, -0.05) is 159 Å².